The molecule has 13 nitrogen and oxygen atoms in total. The summed E-state index contributed by atoms with van der Waals surface area (Å²) in [6.07, 6.45) is 0.473. The third-order valence-electron chi connectivity index (χ3n) is 5.63. The highest BCUT2D eigenvalue weighted by atomic mass is 16.4. The van der Waals surface area contributed by atoms with Gasteiger partial charge in [0.2, 0.25) is 23.6 Å². The van der Waals surface area contributed by atoms with Crippen molar-refractivity contribution in [3.05, 3.63) is 29.8 Å². The molecule has 1 aromatic rings. The van der Waals surface area contributed by atoms with Gasteiger partial charge in [0, 0.05) is 6.42 Å². The number of benzene rings is 1. The molecule has 0 spiro atoms. The zero-order valence-electron chi connectivity index (χ0n) is 21.1. The normalized spacial score (nSPS) is 14.2. The third kappa shape index (κ3) is 11.3. The molecule has 206 valence electrons. The van der Waals surface area contributed by atoms with Crippen LogP contribution in [0.15, 0.2) is 24.3 Å². The minimum atomic E-state index is -1.49. The van der Waals surface area contributed by atoms with Crippen molar-refractivity contribution in [2.75, 3.05) is 6.54 Å². The second-order valence-electron chi connectivity index (χ2n) is 9.12. The van der Waals surface area contributed by atoms with E-state index in [0.29, 0.717) is 24.9 Å². The lowest BCUT2D eigenvalue weighted by Crippen LogP contribution is -2.58. The van der Waals surface area contributed by atoms with E-state index in [0.717, 1.165) is 0 Å². The lowest BCUT2D eigenvalue weighted by molar-refractivity contribution is -0.142. The van der Waals surface area contributed by atoms with Gasteiger partial charge in [-0.3, -0.25) is 19.2 Å². The number of carbonyl (C=O) groups excluding carboxylic acids is 4. The number of carbonyl (C=O) groups is 5. The zero-order chi connectivity index (χ0) is 28.1. The van der Waals surface area contributed by atoms with Crippen molar-refractivity contribution >= 4 is 29.6 Å². The standard InChI is InChI=1S/C24H38N6O7/c1-13(2)20(27)23(35)30-17(11-14-6-8-15(31)9-7-14)21(33)29-18(12-19(26)32)22(34)28-16(24(36)37)5-3-4-10-25/h6-9,13,16-18,20,31H,3-5,10-12,25,27H2,1-2H3,(H2,26,32)(H,28,34)(H,29,33)(H,30,35)(H,36,37). The average Bonchev–Trinajstić information content (AvgIpc) is 2.82. The lowest BCUT2D eigenvalue weighted by atomic mass is 10.0. The molecule has 0 heterocycles. The maximum absolute atomic E-state index is 13.2. The number of phenolic OH excluding ortho intramolecular Hbond substituents is 1. The van der Waals surface area contributed by atoms with Gasteiger partial charge in [0.1, 0.15) is 23.9 Å². The molecule has 0 radical (unpaired) electrons. The number of amides is 4. The fourth-order valence-electron chi connectivity index (χ4n) is 3.35. The molecule has 4 unspecified atom stereocenters. The summed E-state index contributed by atoms with van der Waals surface area (Å²) in [7, 11) is 0. The van der Waals surface area contributed by atoms with Crippen LogP contribution in [0.3, 0.4) is 0 Å². The molecule has 0 aliphatic heterocycles. The fraction of sp³-hybridized carbons (Fsp3) is 0.542. The number of aliphatic carboxylic acids is 1. The number of nitrogens with two attached hydrogens (primary N) is 3. The SMILES string of the molecule is CC(C)C(N)C(=O)NC(Cc1ccc(O)cc1)C(=O)NC(CC(N)=O)C(=O)NC(CCCCN)C(=O)O. The number of rotatable bonds is 16. The van der Waals surface area contributed by atoms with Crippen molar-refractivity contribution in [2.24, 2.45) is 23.1 Å². The summed E-state index contributed by atoms with van der Waals surface area (Å²) in [5.74, 6) is -4.73. The molecule has 0 bridgehead atoms. The maximum Gasteiger partial charge on any atom is 0.326 e. The van der Waals surface area contributed by atoms with Gasteiger partial charge in [0.15, 0.2) is 0 Å². The van der Waals surface area contributed by atoms with Gasteiger partial charge >= 0.3 is 5.97 Å². The van der Waals surface area contributed by atoms with Gasteiger partial charge in [0.05, 0.1) is 12.5 Å². The molecule has 4 atom stereocenters. The number of carboxylic acids is 1. The first-order chi connectivity index (χ1) is 17.3. The summed E-state index contributed by atoms with van der Waals surface area (Å²) in [4.78, 5) is 61.8. The molecule has 0 aliphatic carbocycles. The van der Waals surface area contributed by atoms with E-state index in [1.807, 2.05) is 0 Å². The Morgan fingerprint density at radius 2 is 1.41 bits per heavy atom. The maximum atomic E-state index is 13.2. The Hall–Kier alpha value is -3.71. The first kappa shape index (κ1) is 31.3. The van der Waals surface area contributed by atoms with Gasteiger partial charge in [-0.15, -0.1) is 0 Å². The van der Waals surface area contributed by atoms with E-state index >= 15 is 0 Å². The zero-order valence-corrected chi connectivity index (χ0v) is 21.1. The summed E-state index contributed by atoms with van der Waals surface area (Å²) >= 11 is 0. The Morgan fingerprint density at radius 3 is 1.92 bits per heavy atom. The van der Waals surface area contributed by atoms with Crippen LogP contribution in [0.5, 0.6) is 5.75 Å². The van der Waals surface area contributed by atoms with Crippen molar-refractivity contribution in [2.45, 2.75) is 70.1 Å². The lowest BCUT2D eigenvalue weighted by Gasteiger charge is -2.25. The largest absolute Gasteiger partial charge is 0.508 e. The smallest absolute Gasteiger partial charge is 0.326 e. The minimum absolute atomic E-state index is 0.00765. The molecule has 0 saturated heterocycles. The van der Waals surface area contributed by atoms with E-state index in [9.17, 15) is 34.2 Å². The van der Waals surface area contributed by atoms with Crippen LogP contribution in [-0.4, -0.2) is 70.5 Å². The van der Waals surface area contributed by atoms with Gasteiger partial charge < -0.3 is 43.4 Å². The van der Waals surface area contributed by atoms with Crippen molar-refractivity contribution in [1.82, 2.24) is 16.0 Å². The van der Waals surface area contributed by atoms with E-state index in [4.69, 9.17) is 17.2 Å². The van der Waals surface area contributed by atoms with E-state index in [2.05, 4.69) is 16.0 Å². The molecule has 0 saturated carbocycles. The monoisotopic (exact) mass is 522 g/mol. The van der Waals surface area contributed by atoms with Gasteiger partial charge in [-0.1, -0.05) is 26.0 Å². The predicted octanol–water partition coefficient (Wildman–Crippen LogP) is -1.54. The van der Waals surface area contributed by atoms with Crippen molar-refractivity contribution < 1.29 is 34.2 Å². The predicted molar refractivity (Wildman–Crippen MR) is 135 cm³/mol. The van der Waals surface area contributed by atoms with Crippen LogP contribution < -0.4 is 33.2 Å². The number of phenols is 1. The Morgan fingerprint density at radius 1 is 0.865 bits per heavy atom. The summed E-state index contributed by atoms with van der Waals surface area (Å²) in [5, 5.41) is 26.2. The van der Waals surface area contributed by atoms with Crippen LogP contribution >= 0.6 is 0 Å². The number of carboxylic acid groups (broad SMARTS) is 1. The van der Waals surface area contributed by atoms with E-state index in [-0.39, 0.29) is 24.5 Å². The second kappa shape index (κ2) is 15.4. The molecular weight excluding hydrogens is 484 g/mol. The number of aromatic hydroxyl groups is 1. The number of hydrogen-bond acceptors (Lipinski definition) is 8. The first-order valence-corrected chi connectivity index (χ1v) is 12.0. The second-order valence-corrected chi connectivity index (χ2v) is 9.12. The summed E-state index contributed by atoms with van der Waals surface area (Å²) < 4.78 is 0. The molecule has 1 aromatic carbocycles. The average molecular weight is 523 g/mol. The summed E-state index contributed by atoms with van der Waals surface area (Å²) in [6.45, 7) is 3.83. The molecule has 4 amide bonds. The Labute approximate surface area is 215 Å². The third-order valence-corrected chi connectivity index (χ3v) is 5.63. The van der Waals surface area contributed by atoms with Gasteiger partial charge in [-0.25, -0.2) is 4.79 Å². The number of unbranched alkanes of at least 4 members (excludes halogenated alkanes) is 1. The van der Waals surface area contributed by atoms with E-state index < -0.39 is 60.2 Å². The summed E-state index contributed by atoms with van der Waals surface area (Å²) in [6, 6.07) is 1.06. The van der Waals surface area contributed by atoms with Gasteiger partial charge in [-0.2, -0.15) is 0 Å². The van der Waals surface area contributed by atoms with Crippen molar-refractivity contribution in [1.29, 1.82) is 0 Å². The number of nitrogens with one attached hydrogen (secondary N) is 3. The van der Waals surface area contributed by atoms with Crippen LogP contribution in [0.2, 0.25) is 0 Å². The highest BCUT2D eigenvalue weighted by Crippen LogP contribution is 2.12. The molecular formula is C24H38N6O7. The minimum Gasteiger partial charge on any atom is -0.508 e. The van der Waals surface area contributed by atoms with E-state index in [1.165, 1.54) is 12.1 Å². The molecule has 37 heavy (non-hydrogen) atoms. The highest BCUT2D eigenvalue weighted by Gasteiger charge is 2.31. The topological polar surface area (TPSA) is 240 Å². The van der Waals surface area contributed by atoms with Gasteiger partial charge in [-0.05, 0) is 49.4 Å². The highest BCUT2D eigenvalue weighted by molar-refractivity contribution is 5.96. The van der Waals surface area contributed by atoms with Crippen LogP contribution in [0, 0.1) is 5.92 Å². The quantitative estimate of drug-likeness (QED) is 0.117. The molecule has 13 heteroatoms. The van der Waals surface area contributed by atoms with Crippen LogP contribution in [-0.2, 0) is 30.4 Å². The Bertz CT molecular complexity index is 938. The molecule has 1 rings (SSSR count). The molecule has 0 aliphatic rings. The van der Waals surface area contributed by atoms with Crippen molar-refractivity contribution in [3.63, 3.8) is 0 Å². The number of hydrogen-bond donors (Lipinski definition) is 8. The van der Waals surface area contributed by atoms with Crippen LogP contribution in [0.25, 0.3) is 0 Å². The van der Waals surface area contributed by atoms with Gasteiger partial charge in [0.25, 0.3) is 0 Å². The Balaban J connectivity index is 3.11. The van der Waals surface area contributed by atoms with Crippen LogP contribution in [0.4, 0.5) is 0 Å². The fourth-order valence-corrected chi connectivity index (χ4v) is 3.35. The molecule has 11 N–H and O–H groups in total. The Kier molecular flexibility index (Phi) is 13.0. The summed E-state index contributed by atoms with van der Waals surface area (Å²) in [5.41, 5.74) is 17.2. The number of primary amides is 1. The first-order valence-electron chi connectivity index (χ1n) is 12.0. The molecule has 0 aromatic heterocycles. The van der Waals surface area contributed by atoms with Crippen molar-refractivity contribution in [3.8, 4) is 5.75 Å². The van der Waals surface area contributed by atoms with Crippen LogP contribution in [0.1, 0.15) is 45.1 Å². The van der Waals surface area contributed by atoms with E-state index in [1.54, 1.807) is 26.0 Å². The molecule has 0 fully saturated rings.